The maximum atomic E-state index is 11.7. The molecule has 152 valence electrons. The van der Waals surface area contributed by atoms with Gasteiger partial charge < -0.3 is 5.32 Å². The molecule has 0 heterocycles. The molecule has 0 aliphatic carbocycles. The van der Waals surface area contributed by atoms with Gasteiger partial charge in [-0.3, -0.25) is 9.59 Å². The Bertz CT molecular complexity index is 369. The minimum absolute atomic E-state index is 0.0321. The standard InChI is InChI=1S/C22H41NO2S/c1-3-4-5-6-7-8-9-10-11-12-13-14-15-16-17-18-22(25)26-20-19-23-21(2)24/h10-11H,3-9,12-20H2,1-2H3,(H,23,24). The van der Waals surface area contributed by atoms with Gasteiger partial charge in [-0.2, -0.15) is 0 Å². The summed E-state index contributed by atoms with van der Waals surface area (Å²) in [6.07, 6.45) is 22.0. The summed E-state index contributed by atoms with van der Waals surface area (Å²) < 4.78 is 0. The Kier molecular flexibility index (Phi) is 19.9. The van der Waals surface area contributed by atoms with Crippen molar-refractivity contribution in [3.05, 3.63) is 12.2 Å². The van der Waals surface area contributed by atoms with Gasteiger partial charge in [0.05, 0.1) is 0 Å². The van der Waals surface area contributed by atoms with Gasteiger partial charge in [0.25, 0.3) is 0 Å². The summed E-state index contributed by atoms with van der Waals surface area (Å²) in [4.78, 5) is 22.4. The molecule has 0 unspecified atom stereocenters. The number of carbonyl (C=O) groups excluding carboxylic acids is 2. The maximum absolute atomic E-state index is 11.7. The molecular formula is C22H41NO2S. The summed E-state index contributed by atoms with van der Waals surface area (Å²) in [5, 5.41) is 2.96. The number of nitrogens with one attached hydrogen (secondary N) is 1. The number of hydrogen-bond donors (Lipinski definition) is 1. The predicted molar refractivity (Wildman–Crippen MR) is 116 cm³/mol. The molecule has 0 bridgehead atoms. The first-order valence-corrected chi connectivity index (χ1v) is 11.7. The second-order valence-electron chi connectivity index (χ2n) is 7.04. The molecule has 0 fully saturated rings. The Morgan fingerprint density at radius 3 is 1.92 bits per heavy atom. The van der Waals surface area contributed by atoms with Crippen LogP contribution in [0.1, 0.15) is 104 Å². The number of hydrogen-bond acceptors (Lipinski definition) is 3. The third kappa shape index (κ3) is 21.3. The van der Waals surface area contributed by atoms with E-state index in [9.17, 15) is 9.59 Å². The minimum atomic E-state index is -0.0321. The summed E-state index contributed by atoms with van der Waals surface area (Å²) in [5.41, 5.74) is 0. The molecule has 26 heavy (non-hydrogen) atoms. The monoisotopic (exact) mass is 383 g/mol. The van der Waals surface area contributed by atoms with Gasteiger partial charge in [-0.25, -0.2) is 0 Å². The van der Waals surface area contributed by atoms with Crippen molar-refractivity contribution >= 4 is 22.8 Å². The van der Waals surface area contributed by atoms with E-state index in [1.807, 2.05) is 0 Å². The zero-order valence-electron chi connectivity index (χ0n) is 17.2. The average Bonchev–Trinajstić information content (AvgIpc) is 2.62. The van der Waals surface area contributed by atoms with E-state index < -0.39 is 0 Å². The van der Waals surface area contributed by atoms with E-state index in [1.54, 1.807) is 0 Å². The molecule has 0 saturated carbocycles. The molecule has 4 heteroatoms. The van der Waals surface area contributed by atoms with Crippen molar-refractivity contribution in [2.45, 2.75) is 104 Å². The van der Waals surface area contributed by atoms with Gasteiger partial charge in [0, 0.05) is 25.6 Å². The second kappa shape index (κ2) is 20.5. The smallest absolute Gasteiger partial charge is 0.216 e. The topological polar surface area (TPSA) is 46.2 Å². The third-order valence-electron chi connectivity index (χ3n) is 4.38. The van der Waals surface area contributed by atoms with Crippen LogP contribution in [0.3, 0.4) is 0 Å². The zero-order valence-corrected chi connectivity index (χ0v) is 18.0. The molecule has 0 atom stereocenters. The number of amides is 1. The zero-order chi connectivity index (χ0) is 19.3. The molecule has 0 saturated heterocycles. The Balaban J connectivity index is 3.22. The second-order valence-corrected chi connectivity index (χ2v) is 8.19. The lowest BCUT2D eigenvalue weighted by atomic mass is 10.1. The number of rotatable bonds is 18. The molecule has 0 aliphatic rings. The Hall–Kier alpha value is -0.770. The Labute approximate surface area is 166 Å². The van der Waals surface area contributed by atoms with Crippen molar-refractivity contribution < 1.29 is 9.59 Å². The molecule has 1 N–H and O–H groups in total. The molecular weight excluding hydrogens is 342 g/mol. The summed E-state index contributed by atoms with van der Waals surface area (Å²) in [6, 6.07) is 0. The largest absolute Gasteiger partial charge is 0.356 e. The van der Waals surface area contributed by atoms with Crippen molar-refractivity contribution in [2.75, 3.05) is 12.3 Å². The van der Waals surface area contributed by atoms with Crippen LogP contribution in [-0.4, -0.2) is 23.3 Å². The third-order valence-corrected chi connectivity index (χ3v) is 5.32. The molecule has 0 rings (SSSR count). The van der Waals surface area contributed by atoms with E-state index in [1.165, 1.54) is 89.3 Å². The van der Waals surface area contributed by atoms with Crippen LogP contribution in [0.5, 0.6) is 0 Å². The van der Waals surface area contributed by atoms with Crippen LogP contribution in [0, 0.1) is 0 Å². The van der Waals surface area contributed by atoms with Crippen molar-refractivity contribution in [1.82, 2.24) is 5.32 Å². The van der Waals surface area contributed by atoms with Crippen LogP contribution in [0.15, 0.2) is 12.2 Å². The van der Waals surface area contributed by atoms with Gasteiger partial charge in [0.1, 0.15) is 0 Å². The summed E-state index contributed by atoms with van der Waals surface area (Å²) in [7, 11) is 0. The molecule has 0 spiro atoms. The first-order valence-electron chi connectivity index (χ1n) is 10.7. The lowest BCUT2D eigenvalue weighted by molar-refractivity contribution is -0.118. The lowest BCUT2D eigenvalue weighted by Crippen LogP contribution is -2.22. The van der Waals surface area contributed by atoms with Crippen LogP contribution in [0.4, 0.5) is 0 Å². The quantitative estimate of drug-likeness (QED) is 0.219. The number of thioether (sulfide) groups is 1. The van der Waals surface area contributed by atoms with Gasteiger partial charge in [-0.1, -0.05) is 82.2 Å². The Morgan fingerprint density at radius 1 is 0.808 bits per heavy atom. The first-order chi connectivity index (χ1) is 12.7. The maximum Gasteiger partial charge on any atom is 0.216 e. The highest BCUT2D eigenvalue weighted by Crippen LogP contribution is 2.12. The molecule has 0 aromatic carbocycles. The lowest BCUT2D eigenvalue weighted by Gasteiger charge is -2.02. The molecule has 1 amide bonds. The molecule has 0 aromatic rings. The fraction of sp³-hybridized carbons (Fsp3) is 0.818. The fourth-order valence-electron chi connectivity index (χ4n) is 2.80. The van der Waals surface area contributed by atoms with Crippen molar-refractivity contribution in [3.63, 3.8) is 0 Å². The SMILES string of the molecule is CCCCCCCCC=CCCCCCCCC(=O)SCCNC(C)=O. The van der Waals surface area contributed by atoms with E-state index in [2.05, 4.69) is 24.4 Å². The van der Waals surface area contributed by atoms with Crippen molar-refractivity contribution in [2.24, 2.45) is 0 Å². The highest BCUT2D eigenvalue weighted by molar-refractivity contribution is 8.13. The average molecular weight is 384 g/mol. The summed E-state index contributed by atoms with van der Waals surface area (Å²) in [6.45, 7) is 4.34. The van der Waals surface area contributed by atoms with Crippen LogP contribution in [-0.2, 0) is 9.59 Å². The van der Waals surface area contributed by atoms with E-state index in [4.69, 9.17) is 0 Å². The van der Waals surface area contributed by atoms with Crippen LogP contribution in [0.25, 0.3) is 0 Å². The molecule has 3 nitrogen and oxygen atoms in total. The van der Waals surface area contributed by atoms with Gasteiger partial charge in [-0.05, 0) is 32.1 Å². The van der Waals surface area contributed by atoms with Crippen LogP contribution in [0.2, 0.25) is 0 Å². The van der Waals surface area contributed by atoms with Gasteiger partial charge >= 0.3 is 0 Å². The highest BCUT2D eigenvalue weighted by atomic mass is 32.2. The molecule has 0 radical (unpaired) electrons. The number of carbonyl (C=O) groups is 2. The predicted octanol–water partition coefficient (Wildman–Crippen LogP) is 6.42. The van der Waals surface area contributed by atoms with Crippen molar-refractivity contribution in [1.29, 1.82) is 0 Å². The highest BCUT2D eigenvalue weighted by Gasteiger charge is 2.02. The van der Waals surface area contributed by atoms with E-state index >= 15 is 0 Å². The van der Waals surface area contributed by atoms with E-state index in [0.717, 1.165) is 12.8 Å². The van der Waals surface area contributed by atoms with Gasteiger partial charge in [0.15, 0.2) is 5.12 Å². The number of unbranched alkanes of at least 4 members (excludes halogenated alkanes) is 11. The van der Waals surface area contributed by atoms with Gasteiger partial charge in [-0.15, -0.1) is 0 Å². The molecule has 0 aliphatic heterocycles. The van der Waals surface area contributed by atoms with Crippen LogP contribution < -0.4 is 5.32 Å². The van der Waals surface area contributed by atoms with Gasteiger partial charge in [0.2, 0.25) is 5.91 Å². The van der Waals surface area contributed by atoms with Crippen molar-refractivity contribution in [3.8, 4) is 0 Å². The summed E-state index contributed by atoms with van der Waals surface area (Å²) >= 11 is 1.34. The normalized spacial score (nSPS) is 11.2. The van der Waals surface area contributed by atoms with E-state index in [-0.39, 0.29) is 11.0 Å². The first kappa shape index (κ1) is 25.2. The van der Waals surface area contributed by atoms with E-state index in [0.29, 0.717) is 18.7 Å². The minimum Gasteiger partial charge on any atom is -0.356 e. The van der Waals surface area contributed by atoms with Crippen LogP contribution >= 0.6 is 11.8 Å². The summed E-state index contributed by atoms with van der Waals surface area (Å²) in [5.74, 6) is 0.652. The molecule has 0 aromatic heterocycles. The Morgan fingerprint density at radius 2 is 1.35 bits per heavy atom. The fourth-order valence-corrected chi connectivity index (χ4v) is 3.52. The number of allylic oxidation sites excluding steroid dienone is 2.